The monoisotopic (exact) mass is 419 g/mol. The summed E-state index contributed by atoms with van der Waals surface area (Å²) in [6, 6.07) is 5.70. The zero-order chi connectivity index (χ0) is 15.4. The Kier molecular flexibility index (Phi) is 5.60. The van der Waals surface area contributed by atoms with Gasteiger partial charge in [-0.1, -0.05) is 17.7 Å². The fourth-order valence-corrected chi connectivity index (χ4v) is 2.49. The second-order valence-electron chi connectivity index (χ2n) is 4.20. The number of aromatic nitrogens is 2. The second kappa shape index (κ2) is 7.24. The Hall–Kier alpha value is -1.12. The van der Waals surface area contributed by atoms with Crippen LogP contribution in [-0.2, 0) is 0 Å². The minimum absolute atomic E-state index is 0.173. The molecule has 0 saturated heterocycles. The van der Waals surface area contributed by atoms with Gasteiger partial charge in [-0.2, -0.15) is 4.98 Å². The molecular formula is C14H15ClIN3O2. The average molecular weight is 420 g/mol. The Morgan fingerprint density at radius 2 is 2.05 bits per heavy atom. The summed E-state index contributed by atoms with van der Waals surface area (Å²) in [4.78, 5) is 8.66. The number of nitrogens with zero attached hydrogens (tertiary/aromatic N) is 2. The summed E-state index contributed by atoms with van der Waals surface area (Å²) in [6.07, 6.45) is 1.57. The zero-order valence-electron chi connectivity index (χ0n) is 11.9. The van der Waals surface area contributed by atoms with E-state index in [1.165, 1.54) is 7.11 Å². The van der Waals surface area contributed by atoms with E-state index in [9.17, 15) is 0 Å². The lowest BCUT2D eigenvalue weighted by Gasteiger charge is -2.18. The van der Waals surface area contributed by atoms with E-state index < -0.39 is 0 Å². The maximum atomic E-state index is 6.20. The van der Waals surface area contributed by atoms with Crippen LogP contribution in [0.4, 0.5) is 0 Å². The maximum Gasteiger partial charge on any atom is 0.240 e. The van der Waals surface area contributed by atoms with Gasteiger partial charge >= 0.3 is 0 Å². The minimum atomic E-state index is -0.173. The first-order valence-electron chi connectivity index (χ1n) is 6.17. The molecule has 0 aliphatic heterocycles. The van der Waals surface area contributed by atoms with Crippen molar-refractivity contribution in [1.29, 1.82) is 0 Å². The highest BCUT2D eigenvalue weighted by Gasteiger charge is 2.21. The number of ether oxygens (including phenoxy) is 2. The van der Waals surface area contributed by atoms with Crippen LogP contribution in [0.3, 0.4) is 0 Å². The van der Waals surface area contributed by atoms with Crippen molar-refractivity contribution in [3.63, 3.8) is 0 Å². The van der Waals surface area contributed by atoms with Gasteiger partial charge in [-0.05, 0) is 47.3 Å². The van der Waals surface area contributed by atoms with Crippen molar-refractivity contribution < 1.29 is 9.47 Å². The standard InChI is InChI=1S/C14H15ClIN3O2/c1-17-12(8-4-5-10(16)9(15)6-8)13-14(21-3)19-11(20-2)7-18-13/h4-7,12,17H,1-3H3. The molecule has 2 aromatic rings. The molecule has 0 aliphatic rings. The molecule has 0 spiro atoms. The van der Waals surface area contributed by atoms with Crippen LogP contribution in [0.1, 0.15) is 17.3 Å². The normalized spacial score (nSPS) is 12.0. The average Bonchev–Trinajstić information content (AvgIpc) is 2.51. The van der Waals surface area contributed by atoms with Crippen molar-refractivity contribution in [1.82, 2.24) is 15.3 Å². The molecule has 1 N–H and O–H groups in total. The van der Waals surface area contributed by atoms with E-state index in [1.54, 1.807) is 13.3 Å². The van der Waals surface area contributed by atoms with E-state index in [-0.39, 0.29) is 6.04 Å². The molecule has 0 radical (unpaired) electrons. The lowest BCUT2D eigenvalue weighted by molar-refractivity contribution is 0.353. The first-order valence-corrected chi connectivity index (χ1v) is 7.63. The van der Waals surface area contributed by atoms with Crippen LogP contribution in [0.2, 0.25) is 5.02 Å². The van der Waals surface area contributed by atoms with Gasteiger partial charge in [0.1, 0.15) is 5.69 Å². The maximum absolute atomic E-state index is 6.20. The van der Waals surface area contributed by atoms with Crippen LogP contribution in [0.5, 0.6) is 11.8 Å². The Balaban J connectivity index is 2.47. The molecule has 1 unspecified atom stereocenters. The van der Waals surface area contributed by atoms with Crippen molar-refractivity contribution in [2.45, 2.75) is 6.04 Å². The van der Waals surface area contributed by atoms with Gasteiger partial charge in [0.05, 0.1) is 31.5 Å². The summed E-state index contributed by atoms with van der Waals surface area (Å²) < 4.78 is 11.4. The Bertz CT molecular complexity index is 640. The molecule has 1 aromatic heterocycles. The van der Waals surface area contributed by atoms with Gasteiger partial charge in [-0.15, -0.1) is 0 Å². The number of hydrogen-bond acceptors (Lipinski definition) is 5. The summed E-state index contributed by atoms with van der Waals surface area (Å²) >= 11 is 8.39. The Morgan fingerprint density at radius 1 is 1.29 bits per heavy atom. The van der Waals surface area contributed by atoms with Gasteiger partial charge in [0.25, 0.3) is 0 Å². The van der Waals surface area contributed by atoms with Crippen LogP contribution < -0.4 is 14.8 Å². The van der Waals surface area contributed by atoms with E-state index in [2.05, 4.69) is 37.9 Å². The van der Waals surface area contributed by atoms with Crippen molar-refractivity contribution >= 4 is 34.2 Å². The van der Waals surface area contributed by atoms with E-state index in [4.69, 9.17) is 21.1 Å². The molecule has 2 rings (SSSR count). The molecule has 21 heavy (non-hydrogen) atoms. The van der Waals surface area contributed by atoms with E-state index >= 15 is 0 Å². The molecular weight excluding hydrogens is 405 g/mol. The molecule has 0 bridgehead atoms. The first kappa shape index (κ1) is 16.3. The molecule has 0 amide bonds. The van der Waals surface area contributed by atoms with Crippen molar-refractivity contribution in [3.05, 3.63) is 44.2 Å². The first-order chi connectivity index (χ1) is 10.1. The predicted octanol–water partition coefficient (Wildman–Crippen LogP) is 3.06. The van der Waals surface area contributed by atoms with E-state index in [0.717, 1.165) is 9.13 Å². The molecule has 7 heteroatoms. The summed E-state index contributed by atoms with van der Waals surface area (Å²) in [5.74, 6) is 0.828. The van der Waals surface area contributed by atoms with Gasteiger partial charge in [0, 0.05) is 3.57 Å². The Labute approximate surface area is 142 Å². The third-order valence-electron chi connectivity index (χ3n) is 2.99. The fraction of sp³-hybridized carbons (Fsp3) is 0.286. The predicted molar refractivity (Wildman–Crippen MR) is 90.2 cm³/mol. The van der Waals surface area contributed by atoms with Crippen molar-refractivity contribution in [2.24, 2.45) is 0 Å². The largest absolute Gasteiger partial charge is 0.480 e. The number of methoxy groups -OCH3 is 2. The number of benzene rings is 1. The number of hydrogen-bond donors (Lipinski definition) is 1. The highest BCUT2D eigenvalue weighted by Crippen LogP contribution is 2.30. The van der Waals surface area contributed by atoms with Gasteiger partial charge in [-0.3, -0.25) is 0 Å². The van der Waals surface area contributed by atoms with Gasteiger partial charge in [0.2, 0.25) is 11.8 Å². The lowest BCUT2D eigenvalue weighted by atomic mass is 10.0. The van der Waals surface area contributed by atoms with Crippen LogP contribution in [0, 0.1) is 3.57 Å². The minimum Gasteiger partial charge on any atom is -0.480 e. The zero-order valence-corrected chi connectivity index (χ0v) is 14.8. The molecule has 0 aliphatic carbocycles. The SMILES string of the molecule is CNC(c1ccc(I)c(Cl)c1)c1ncc(OC)nc1OC. The van der Waals surface area contributed by atoms with Gasteiger partial charge in [-0.25, -0.2) is 4.98 Å². The molecule has 0 saturated carbocycles. The molecule has 0 fully saturated rings. The van der Waals surface area contributed by atoms with Gasteiger partial charge < -0.3 is 14.8 Å². The Morgan fingerprint density at radius 3 is 2.62 bits per heavy atom. The summed E-state index contributed by atoms with van der Waals surface area (Å²) in [6.45, 7) is 0. The topological polar surface area (TPSA) is 56.3 Å². The quantitative estimate of drug-likeness (QED) is 0.755. The lowest BCUT2D eigenvalue weighted by Crippen LogP contribution is -2.20. The van der Waals surface area contributed by atoms with Crippen molar-refractivity contribution in [2.75, 3.05) is 21.3 Å². The molecule has 1 atom stereocenters. The molecule has 5 nitrogen and oxygen atoms in total. The third-order valence-corrected chi connectivity index (χ3v) is 4.56. The number of halogens is 2. The van der Waals surface area contributed by atoms with Crippen molar-refractivity contribution in [3.8, 4) is 11.8 Å². The summed E-state index contributed by atoms with van der Waals surface area (Å²) in [5, 5.41) is 3.91. The van der Waals surface area contributed by atoms with Crippen LogP contribution >= 0.6 is 34.2 Å². The molecule has 1 aromatic carbocycles. The molecule has 112 valence electrons. The number of rotatable bonds is 5. The van der Waals surface area contributed by atoms with E-state index in [1.807, 2.05) is 25.2 Å². The smallest absolute Gasteiger partial charge is 0.240 e. The highest BCUT2D eigenvalue weighted by molar-refractivity contribution is 14.1. The highest BCUT2D eigenvalue weighted by atomic mass is 127. The van der Waals surface area contributed by atoms with Crippen LogP contribution in [0.15, 0.2) is 24.4 Å². The van der Waals surface area contributed by atoms with Gasteiger partial charge in [0.15, 0.2) is 0 Å². The third kappa shape index (κ3) is 3.56. The van der Waals surface area contributed by atoms with Crippen LogP contribution in [0.25, 0.3) is 0 Å². The fourth-order valence-electron chi connectivity index (χ4n) is 1.97. The molecule has 1 heterocycles. The summed E-state index contributed by atoms with van der Waals surface area (Å²) in [7, 11) is 4.94. The number of nitrogens with one attached hydrogen (secondary N) is 1. The summed E-state index contributed by atoms with van der Waals surface area (Å²) in [5.41, 5.74) is 1.67. The second-order valence-corrected chi connectivity index (χ2v) is 5.77. The van der Waals surface area contributed by atoms with E-state index in [0.29, 0.717) is 22.5 Å². The van der Waals surface area contributed by atoms with Crippen LogP contribution in [-0.4, -0.2) is 31.2 Å².